The second-order valence-electron chi connectivity index (χ2n) is 20.8. The third-order valence-electron chi connectivity index (χ3n) is 14.5. The van der Waals surface area contributed by atoms with Gasteiger partial charge in [-0.3, -0.25) is 4.79 Å². The van der Waals surface area contributed by atoms with Crippen molar-refractivity contribution < 1.29 is 39.8 Å². The minimum absolute atomic E-state index is 0.132. The Morgan fingerprint density at radius 2 is 0.758 bits per heavy atom. The summed E-state index contributed by atoms with van der Waals surface area (Å²) >= 11 is 0. The minimum atomic E-state index is -1.55. The molecule has 0 spiro atoms. The number of unbranched alkanes of at least 4 members (excludes halogenated alkanes) is 41. The summed E-state index contributed by atoms with van der Waals surface area (Å²) in [4.78, 5) is 13.0. The Labute approximate surface area is 408 Å². The van der Waals surface area contributed by atoms with Crippen LogP contribution in [0.5, 0.6) is 0 Å². The molecule has 1 amide bonds. The molecule has 1 saturated heterocycles. The lowest BCUT2D eigenvalue weighted by atomic mass is 9.99. The molecule has 9 nitrogen and oxygen atoms in total. The molecule has 0 aliphatic carbocycles. The van der Waals surface area contributed by atoms with Gasteiger partial charge >= 0.3 is 0 Å². The lowest BCUT2D eigenvalue weighted by molar-refractivity contribution is -0.302. The highest BCUT2D eigenvalue weighted by Crippen LogP contribution is 2.23. The van der Waals surface area contributed by atoms with E-state index in [0.717, 1.165) is 38.5 Å². The molecule has 1 aliphatic heterocycles. The average Bonchev–Trinajstić information content (AvgIpc) is 3.32. The molecule has 1 heterocycles. The van der Waals surface area contributed by atoms with Gasteiger partial charge in [-0.25, -0.2) is 0 Å². The molecular weight excluding hydrogens is 827 g/mol. The lowest BCUT2D eigenvalue weighted by Crippen LogP contribution is -2.60. The molecule has 394 valence electrons. The molecule has 0 saturated carbocycles. The van der Waals surface area contributed by atoms with Crippen molar-refractivity contribution in [3.8, 4) is 0 Å². The second-order valence-corrected chi connectivity index (χ2v) is 20.8. The van der Waals surface area contributed by atoms with E-state index in [1.165, 1.54) is 238 Å². The number of hydrogen-bond acceptors (Lipinski definition) is 8. The van der Waals surface area contributed by atoms with E-state index in [4.69, 9.17) is 9.47 Å². The first-order chi connectivity index (χ1) is 32.3. The van der Waals surface area contributed by atoms with Gasteiger partial charge in [-0.15, -0.1) is 0 Å². The smallest absolute Gasteiger partial charge is 0.220 e. The first-order valence-corrected chi connectivity index (χ1v) is 29.2. The predicted octanol–water partition coefficient (Wildman–Crippen LogP) is 14.2. The quantitative estimate of drug-likeness (QED) is 0.0330. The summed E-state index contributed by atoms with van der Waals surface area (Å²) in [6.07, 6.45) is 50.4. The van der Waals surface area contributed by atoms with Crippen LogP contribution in [0.4, 0.5) is 0 Å². The van der Waals surface area contributed by atoms with Gasteiger partial charge in [-0.1, -0.05) is 284 Å². The Bertz CT molecular complexity index is 1000. The molecule has 1 fully saturated rings. The number of carbonyl (C=O) groups excluding carboxylic acids is 1. The SMILES string of the molecule is CCCCCCCCCCCCCCCCCCCCCCCCCCCCCCCCCCCCC(=O)NC(COC1OC(CO)C(O)C(O)C1O)C(O)CCCCCCCCCCC. The molecule has 6 N–H and O–H groups in total. The van der Waals surface area contributed by atoms with Crippen molar-refractivity contribution in [3.63, 3.8) is 0 Å². The topological polar surface area (TPSA) is 149 Å². The van der Waals surface area contributed by atoms with Gasteiger partial charge in [0.1, 0.15) is 24.4 Å². The van der Waals surface area contributed by atoms with E-state index < -0.39 is 49.5 Å². The first-order valence-electron chi connectivity index (χ1n) is 29.2. The minimum Gasteiger partial charge on any atom is -0.394 e. The summed E-state index contributed by atoms with van der Waals surface area (Å²) in [5, 5.41) is 54.4. The van der Waals surface area contributed by atoms with Crippen LogP contribution in [-0.4, -0.2) is 87.5 Å². The van der Waals surface area contributed by atoms with Crippen LogP contribution in [0.3, 0.4) is 0 Å². The van der Waals surface area contributed by atoms with Crippen LogP contribution in [0, 0.1) is 0 Å². The zero-order valence-electron chi connectivity index (χ0n) is 43.7. The van der Waals surface area contributed by atoms with Crippen LogP contribution in [0.1, 0.15) is 303 Å². The Morgan fingerprint density at radius 3 is 1.08 bits per heavy atom. The lowest BCUT2D eigenvalue weighted by Gasteiger charge is -2.40. The summed E-state index contributed by atoms with van der Waals surface area (Å²) in [5.41, 5.74) is 0. The maximum atomic E-state index is 13.0. The van der Waals surface area contributed by atoms with Crippen LogP contribution < -0.4 is 5.32 Å². The van der Waals surface area contributed by atoms with Gasteiger partial charge in [0.15, 0.2) is 6.29 Å². The molecule has 7 unspecified atom stereocenters. The van der Waals surface area contributed by atoms with Crippen LogP contribution >= 0.6 is 0 Å². The third kappa shape index (κ3) is 37.1. The number of rotatable bonds is 51. The second kappa shape index (κ2) is 47.8. The van der Waals surface area contributed by atoms with E-state index in [1.807, 2.05) is 0 Å². The highest BCUT2D eigenvalue weighted by molar-refractivity contribution is 5.76. The number of hydrogen-bond donors (Lipinski definition) is 6. The summed E-state index contributed by atoms with van der Waals surface area (Å²) in [5.74, 6) is -0.139. The molecule has 7 atom stereocenters. The fourth-order valence-corrected chi connectivity index (χ4v) is 9.81. The monoisotopic (exact) mass is 940 g/mol. The Kier molecular flexibility index (Phi) is 45.8. The highest BCUT2D eigenvalue weighted by atomic mass is 16.7. The fourth-order valence-electron chi connectivity index (χ4n) is 9.81. The van der Waals surface area contributed by atoms with Crippen molar-refractivity contribution in [2.45, 2.75) is 346 Å². The Morgan fingerprint density at radius 1 is 0.455 bits per heavy atom. The van der Waals surface area contributed by atoms with Crippen LogP contribution in [0.25, 0.3) is 0 Å². The summed E-state index contributed by atoms with van der Waals surface area (Å²) < 4.78 is 11.3. The third-order valence-corrected chi connectivity index (χ3v) is 14.5. The number of aliphatic hydroxyl groups is 5. The predicted molar refractivity (Wildman–Crippen MR) is 277 cm³/mol. The van der Waals surface area contributed by atoms with Gasteiger partial charge < -0.3 is 40.3 Å². The van der Waals surface area contributed by atoms with Crippen LogP contribution in [0.2, 0.25) is 0 Å². The van der Waals surface area contributed by atoms with Crippen molar-refractivity contribution >= 4 is 5.91 Å². The largest absolute Gasteiger partial charge is 0.394 e. The summed E-state index contributed by atoms with van der Waals surface area (Å²) in [6.45, 7) is 3.84. The van der Waals surface area contributed by atoms with E-state index in [1.54, 1.807) is 0 Å². The molecule has 9 heteroatoms. The maximum Gasteiger partial charge on any atom is 0.220 e. The molecule has 0 bridgehead atoms. The molecular formula is C57H113NO8. The number of aliphatic hydroxyl groups excluding tert-OH is 5. The van der Waals surface area contributed by atoms with E-state index in [2.05, 4.69) is 19.2 Å². The number of amides is 1. The van der Waals surface area contributed by atoms with Crippen molar-refractivity contribution in [3.05, 3.63) is 0 Å². The van der Waals surface area contributed by atoms with Crippen molar-refractivity contribution in [1.82, 2.24) is 5.32 Å². The highest BCUT2D eigenvalue weighted by Gasteiger charge is 2.44. The summed E-state index contributed by atoms with van der Waals surface area (Å²) in [6, 6.07) is -0.711. The zero-order valence-corrected chi connectivity index (χ0v) is 43.7. The van der Waals surface area contributed by atoms with Gasteiger partial charge in [-0.2, -0.15) is 0 Å². The van der Waals surface area contributed by atoms with Crippen molar-refractivity contribution in [1.29, 1.82) is 0 Å². The van der Waals surface area contributed by atoms with E-state index in [-0.39, 0.29) is 12.5 Å². The number of nitrogens with one attached hydrogen (secondary N) is 1. The van der Waals surface area contributed by atoms with Gasteiger partial charge in [0, 0.05) is 6.42 Å². The van der Waals surface area contributed by atoms with E-state index >= 15 is 0 Å². The summed E-state index contributed by atoms with van der Waals surface area (Å²) in [7, 11) is 0. The standard InChI is InChI=1S/C57H113NO8/c1-3-5-7-9-11-13-14-15-16-17-18-19-20-21-22-23-24-25-26-27-28-29-30-31-32-33-34-35-36-37-39-41-43-45-47-53(61)58-50(51(60)46-44-42-40-38-12-10-8-6-4-2)49-65-57-56(64)55(63)54(62)52(48-59)66-57/h50-52,54-57,59-60,62-64H,3-49H2,1-2H3,(H,58,61). The zero-order chi connectivity index (χ0) is 48.0. The molecule has 0 radical (unpaired) electrons. The molecule has 0 aromatic heterocycles. The maximum absolute atomic E-state index is 13.0. The van der Waals surface area contributed by atoms with E-state index in [0.29, 0.717) is 12.8 Å². The van der Waals surface area contributed by atoms with Gasteiger partial charge in [-0.05, 0) is 12.8 Å². The van der Waals surface area contributed by atoms with Crippen LogP contribution in [0.15, 0.2) is 0 Å². The van der Waals surface area contributed by atoms with Gasteiger partial charge in [0.2, 0.25) is 5.91 Å². The van der Waals surface area contributed by atoms with Crippen molar-refractivity contribution in [2.24, 2.45) is 0 Å². The fraction of sp³-hybridized carbons (Fsp3) is 0.982. The Hall–Kier alpha value is -0.810. The molecule has 66 heavy (non-hydrogen) atoms. The molecule has 0 aromatic rings. The van der Waals surface area contributed by atoms with Crippen LogP contribution in [-0.2, 0) is 14.3 Å². The number of ether oxygens (including phenoxy) is 2. The average molecular weight is 941 g/mol. The van der Waals surface area contributed by atoms with Gasteiger partial charge in [0.25, 0.3) is 0 Å². The van der Waals surface area contributed by atoms with Crippen molar-refractivity contribution in [2.75, 3.05) is 13.2 Å². The van der Waals surface area contributed by atoms with Gasteiger partial charge in [0.05, 0.1) is 25.4 Å². The molecule has 1 aliphatic rings. The number of carbonyl (C=O) groups is 1. The molecule has 1 rings (SSSR count). The molecule has 0 aromatic carbocycles. The Balaban J connectivity index is 2.01. The normalized spacial score (nSPS) is 19.7. The van der Waals surface area contributed by atoms with E-state index in [9.17, 15) is 30.3 Å². The first kappa shape index (κ1) is 63.2.